The lowest BCUT2D eigenvalue weighted by Crippen LogP contribution is -2.31. The smallest absolute Gasteiger partial charge is 0.115 e. The first-order valence-corrected chi connectivity index (χ1v) is 8.86. The number of pyridine rings is 1. The van der Waals surface area contributed by atoms with E-state index in [-0.39, 0.29) is 5.41 Å². The van der Waals surface area contributed by atoms with Crippen LogP contribution >= 0.6 is 0 Å². The minimum atomic E-state index is -0.351. The van der Waals surface area contributed by atoms with Crippen molar-refractivity contribution in [3.05, 3.63) is 102 Å². The number of fused-ring (bicyclic) bond motifs is 1. The van der Waals surface area contributed by atoms with E-state index in [0.717, 1.165) is 34.6 Å². The van der Waals surface area contributed by atoms with E-state index < -0.39 is 0 Å². The molecule has 1 aromatic carbocycles. The summed E-state index contributed by atoms with van der Waals surface area (Å²) in [5, 5.41) is 7.82. The molecule has 5 heteroatoms. The van der Waals surface area contributed by atoms with Crippen molar-refractivity contribution >= 4 is 6.08 Å². The topological polar surface area (TPSA) is 67.3 Å². The van der Waals surface area contributed by atoms with Gasteiger partial charge in [0.2, 0.25) is 0 Å². The molecule has 5 nitrogen and oxygen atoms in total. The lowest BCUT2D eigenvalue weighted by molar-refractivity contribution is 0.598. The molecule has 0 aliphatic heterocycles. The van der Waals surface area contributed by atoms with E-state index in [4.69, 9.17) is 0 Å². The van der Waals surface area contributed by atoms with Crippen molar-refractivity contribution in [3.63, 3.8) is 0 Å². The SMILES string of the molecule is C1=CC(c2ccccc2)(c2ccncn2)Cc2[nH]nc(-c3cccnc3)c21. The molecule has 4 aromatic rings. The van der Waals surface area contributed by atoms with Gasteiger partial charge in [-0.25, -0.2) is 9.97 Å². The van der Waals surface area contributed by atoms with Crippen LogP contribution in [0, 0.1) is 0 Å². The van der Waals surface area contributed by atoms with Gasteiger partial charge < -0.3 is 0 Å². The first kappa shape index (κ1) is 15.6. The van der Waals surface area contributed by atoms with E-state index in [1.807, 2.05) is 30.5 Å². The Hall–Kier alpha value is -3.60. The lowest BCUT2D eigenvalue weighted by atomic mass is 9.70. The Labute approximate surface area is 156 Å². The Bertz CT molecular complexity index is 1050. The third-order valence-electron chi connectivity index (χ3n) is 5.14. The number of aromatic nitrogens is 5. The average Bonchev–Trinajstić information content (AvgIpc) is 3.18. The third-order valence-corrected chi connectivity index (χ3v) is 5.14. The van der Waals surface area contributed by atoms with Gasteiger partial charge in [-0.15, -0.1) is 0 Å². The maximum absolute atomic E-state index is 4.58. The van der Waals surface area contributed by atoms with E-state index in [9.17, 15) is 0 Å². The van der Waals surface area contributed by atoms with Crippen LogP contribution in [0.3, 0.4) is 0 Å². The predicted octanol–water partition coefficient (Wildman–Crippen LogP) is 3.82. The molecule has 0 spiro atoms. The Balaban J connectivity index is 1.66. The van der Waals surface area contributed by atoms with Gasteiger partial charge in [-0.05, 0) is 23.8 Å². The molecule has 3 aromatic heterocycles. The van der Waals surface area contributed by atoms with Crippen molar-refractivity contribution in [2.45, 2.75) is 11.8 Å². The number of nitrogens with one attached hydrogen (secondary N) is 1. The normalized spacial score (nSPS) is 18.2. The summed E-state index contributed by atoms with van der Waals surface area (Å²) in [6, 6.07) is 16.4. The van der Waals surface area contributed by atoms with Crippen LogP contribution in [0.4, 0.5) is 0 Å². The van der Waals surface area contributed by atoms with Crippen molar-refractivity contribution in [1.29, 1.82) is 0 Å². The van der Waals surface area contributed by atoms with Gasteiger partial charge >= 0.3 is 0 Å². The summed E-state index contributed by atoms with van der Waals surface area (Å²) in [4.78, 5) is 12.9. The van der Waals surface area contributed by atoms with Crippen molar-refractivity contribution in [2.75, 3.05) is 0 Å². The first-order valence-electron chi connectivity index (χ1n) is 8.86. The molecule has 1 atom stereocenters. The highest BCUT2D eigenvalue weighted by molar-refractivity contribution is 5.75. The Morgan fingerprint density at radius 1 is 0.926 bits per heavy atom. The zero-order valence-corrected chi connectivity index (χ0v) is 14.6. The highest BCUT2D eigenvalue weighted by Gasteiger charge is 2.37. The largest absolute Gasteiger partial charge is 0.281 e. The van der Waals surface area contributed by atoms with E-state index in [2.05, 4.69) is 61.6 Å². The standard InChI is InChI=1S/C22H17N5/c1-2-6-17(7-3-1)22(20-9-12-24-15-25-20)10-8-18-19(13-22)26-27-21(18)16-5-4-11-23-14-16/h1-12,14-15H,13H2,(H,26,27). The number of nitrogens with zero attached hydrogens (tertiary/aromatic N) is 4. The first-order chi connectivity index (χ1) is 13.4. The van der Waals surface area contributed by atoms with Crippen LogP contribution in [0.15, 0.2) is 79.5 Å². The van der Waals surface area contributed by atoms with Gasteiger partial charge in [0.25, 0.3) is 0 Å². The molecule has 130 valence electrons. The van der Waals surface area contributed by atoms with Crippen LogP contribution < -0.4 is 0 Å². The molecule has 27 heavy (non-hydrogen) atoms. The van der Waals surface area contributed by atoms with Crippen LogP contribution in [-0.4, -0.2) is 25.1 Å². The second-order valence-electron chi connectivity index (χ2n) is 6.65. The fourth-order valence-electron chi connectivity index (χ4n) is 3.80. The minimum Gasteiger partial charge on any atom is -0.281 e. The van der Waals surface area contributed by atoms with Gasteiger partial charge in [-0.3, -0.25) is 10.1 Å². The van der Waals surface area contributed by atoms with Gasteiger partial charge in [0.05, 0.1) is 11.1 Å². The van der Waals surface area contributed by atoms with Crippen molar-refractivity contribution in [3.8, 4) is 11.3 Å². The summed E-state index contributed by atoms with van der Waals surface area (Å²) in [5.74, 6) is 0. The fourth-order valence-corrected chi connectivity index (χ4v) is 3.80. The number of rotatable bonds is 3. The molecular weight excluding hydrogens is 334 g/mol. The summed E-state index contributed by atoms with van der Waals surface area (Å²) < 4.78 is 0. The van der Waals surface area contributed by atoms with E-state index >= 15 is 0 Å². The van der Waals surface area contributed by atoms with E-state index in [1.165, 1.54) is 5.56 Å². The van der Waals surface area contributed by atoms with Gasteiger partial charge in [-0.1, -0.05) is 42.5 Å². The number of H-pyrrole nitrogens is 1. The number of hydrogen-bond acceptors (Lipinski definition) is 4. The van der Waals surface area contributed by atoms with Crippen LogP contribution in [0.2, 0.25) is 0 Å². The van der Waals surface area contributed by atoms with Crippen molar-refractivity contribution in [2.24, 2.45) is 0 Å². The van der Waals surface area contributed by atoms with Crippen molar-refractivity contribution < 1.29 is 0 Å². The third kappa shape index (κ3) is 2.56. The van der Waals surface area contributed by atoms with Crippen LogP contribution in [0.25, 0.3) is 17.3 Å². The molecule has 1 N–H and O–H groups in total. The molecule has 0 saturated heterocycles. The molecule has 1 unspecified atom stereocenters. The summed E-state index contributed by atoms with van der Waals surface area (Å²) >= 11 is 0. The molecule has 0 fully saturated rings. The highest BCUT2D eigenvalue weighted by Crippen LogP contribution is 2.41. The Morgan fingerprint density at radius 2 is 1.85 bits per heavy atom. The fraction of sp³-hybridized carbons (Fsp3) is 0.0909. The molecule has 5 rings (SSSR count). The zero-order chi connectivity index (χ0) is 18.1. The molecule has 0 amide bonds. The monoisotopic (exact) mass is 351 g/mol. The van der Waals surface area contributed by atoms with Gasteiger partial charge in [0.15, 0.2) is 0 Å². The summed E-state index contributed by atoms with van der Waals surface area (Å²) in [6.45, 7) is 0. The number of benzene rings is 1. The van der Waals surface area contributed by atoms with Crippen molar-refractivity contribution in [1.82, 2.24) is 25.1 Å². The summed E-state index contributed by atoms with van der Waals surface area (Å²) in [6.07, 6.45) is 12.2. The number of allylic oxidation sites excluding steroid dienone is 1. The molecule has 0 radical (unpaired) electrons. The van der Waals surface area contributed by atoms with Crippen LogP contribution in [-0.2, 0) is 11.8 Å². The highest BCUT2D eigenvalue weighted by atomic mass is 15.1. The second-order valence-corrected chi connectivity index (χ2v) is 6.65. The molecule has 3 heterocycles. The maximum Gasteiger partial charge on any atom is 0.115 e. The molecular formula is C22H17N5. The van der Waals surface area contributed by atoms with Crippen LogP contribution in [0.1, 0.15) is 22.5 Å². The number of hydrogen-bond donors (Lipinski definition) is 1. The van der Waals surface area contributed by atoms with Gasteiger partial charge in [0, 0.05) is 41.8 Å². The molecule has 0 bridgehead atoms. The Kier molecular flexibility index (Phi) is 3.64. The average molecular weight is 351 g/mol. The molecule has 1 aliphatic carbocycles. The van der Waals surface area contributed by atoms with Gasteiger partial charge in [0.1, 0.15) is 12.0 Å². The minimum absolute atomic E-state index is 0.351. The second kappa shape index (κ2) is 6.29. The quantitative estimate of drug-likeness (QED) is 0.609. The summed E-state index contributed by atoms with van der Waals surface area (Å²) in [5.41, 5.74) is 5.97. The van der Waals surface area contributed by atoms with E-state index in [0.29, 0.717) is 0 Å². The molecule has 1 aliphatic rings. The predicted molar refractivity (Wildman–Crippen MR) is 104 cm³/mol. The Morgan fingerprint density at radius 3 is 2.63 bits per heavy atom. The maximum atomic E-state index is 4.58. The van der Waals surface area contributed by atoms with E-state index in [1.54, 1.807) is 18.7 Å². The van der Waals surface area contributed by atoms with Gasteiger partial charge in [-0.2, -0.15) is 5.10 Å². The summed E-state index contributed by atoms with van der Waals surface area (Å²) in [7, 11) is 0. The lowest BCUT2D eigenvalue weighted by Gasteiger charge is -2.33. The number of aromatic amines is 1. The van der Waals surface area contributed by atoms with Crippen LogP contribution in [0.5, 0.6) is 0 Å². The molecule has 0 saturated carbocycles. The zero-order valence-electron chi connectivity index (χ0n) is 14.6.